The molecule has 0 amide bonds. The van der Waals surface area contributed by atoms with Crippen molar-refractivity contribution in [3.05, 3.63) is 85.9 Å². The molecule has 3 rings (SSSR count). The Morgan fingerprint density at radius 2 is 1.58 bits per heavy atom. The van der Waals surface area contributed by atoms with E-state index in [4.69, 9.17) is 4.74 Å². The molecule has 2 aromatic carbocycles. The number of aromatic nitrogens is 2. The number of nitrogens with zero attached hydrogens (tertiary/aromatic N) is 3. The van der Waals surface area contributed by atoms with Gasteiger partial charge in [-0.25, -0.2) is 18.0 Å². The third-order valence-corrected chi connectivity index (χ3v) is 6.39. The molecular weight excluding hydrogens is 471 g/mol. The first kappa shape index (κ1) is 27.3. The van der Waals surface area contributed by atoms with E-state index < -0.39 is 35.2 Å². The number of ether oxygens (including phenoxy) is 1. The van der Waals surface area contributed by atoms with Crippen molar-refractivity contribution >= 4 is 0 Å². The molecule has 0 unspecified atom stereocenters. The van der Waals surface area contributed by atoms with Gasteiger partial charge in [0.05, 0.1) is 19.2 Å². The molecule has 0 bridgehead atoms. The summed E-state index contributed by atoms with van der Waals surface area (Å²) in [5.41, 5.74) is -1.74. The van der Waals surface area contributed by atoms with Crippen LogP contribution in [0.15, 0.2) is 46.0 Å². The lowest BCUT2D eigenvalue weighted by atomic mass is 10.0. The lowest BCUT2D eigenvalue weighted by Gasteiger charge is -2.27. The van der Waals surface area contributed by atoms with Gasteiger partial charge in [-0.3, -0.25) is 13.9 Å². The standard InChI is InChI=1S/C27H32F3N3O3/c1-16(2)13-18(31(4)5)14-33-26(34)24(19-9-7-12-23(36-6)25(19)30)17(3)32(27(33)35)15-20-21(28)10-8-11-22(20)29/h7-12,16,18H,13-15H2,1-6H3/t18-/m0/s1. The smallest absolute Gasteiger partial charge is 0.331 e. The number of hydrogen-bond acceptors (Lipinski definition) is 4. The van der Waals surface area contributed by atoms with Gasteiger partial charge >= 0.3 is 5.69 Å². The van der Waals surface area contributed by atoms with Gasteiger partial charge in [0.2, 0.25) is 0 Å². The van der Waals surface area contributed by atoms with E-state index in [1.165, 1.54) is 38.3 Å². The summed E-state index contributed by atoms with van der Waals surface area (Å²) >= 11 is 0. The van der Waals surface area contributed by atoms with Gasteiger partial charge in [-0.1, -0.05) is 32.0 Å². The molecule has 0 aliphatic carbocycles. The predicted octanol–water partition coefficient (Wildman–Crippen LogP) is 4.44. The van der Waals surface area contributed by atoms with Gasteiger partial charge in [-0.15, -0.1) is 0 Å². The van der Waals surface area contributed by atoms with Crippen LogP contribution in [-0.4, -0.2) is 41.3 Å². The van der Waals surface area contributed by atoms with Gasteiger partial charge in [0.15, 0.2) is 11.6 Å². The molecule has 0 aliphatic rings. The maximum absolute atomic E-state index is 15.3. The van der Waals surface area contributed by atoms with Gasteiger partial charge in [0, 0.05) is 29.4 Å². The SMILES string of the molecule is COc1cccc(-c2c(C)n(Cc3c(F)cccc3F)c(=O)n(C[C@H](CC(C)C)N(C)C)c2=O)c1F. The topological polar surface area (TPSA) is 56.5 Å². The van der Waals surface area contributed by atoms with E-state index in [0.29, 0.717) is 6.42 Å². The summed E-state index contributed by atoms with van der Waals surface area (Å²) in [6, 6.07) is 7.62. The molecule has 36 heavy (non-hydrogen) atoms. The molecule has 0 radical (unpaired) electrons. The second-order valence-electron chi connectivity index (χ2n) is 9.51. The second-order valence-corrected chi connectivity index (χ2v) is 9.51. The summed E-state index contributed by atoms with van der Waals surface area (Å²) in [4.78, 5) is 29.3. The molecule has 0 spiro atoms. The van der Waals surface area contributed by atoms with Crippen LogP contribution in [0.1, 0.15) is 31.5 Å². The highest BCUT2D eigenvalue weighted by atomic mass is 19.1. The summed E-state index contributed by atoms with van der Waals surface area (Å²) in [6.07, 6.45) is 0.692. The molecule has 1 aromatic heterocycles. The third kappa shape index (κ3) is 5.41. The molecular formula is C27H32F3N3O3. The van der Waals surface area contributed by atoms with Gasteiger partial charge in [-0.2, -0.15) is 0 Å². The monoisotopic (exact) mass is 503 g/mol. The highest BCUT2D eigenvalue weighted by Crippen LogP contribution is 2.29. The molecule has 194 valence electrons. The fraction of sp³-hybridized carbons (Fsp3) is 0.407. The Kier molecular flexibility index (Phi) is 8.45. The number of halogens is 3. The number of rotatable bonds is 9. The molecule has 6 nitrogen and oxygen atoms in total. The summed E-state index contributed by atoms with van der Waals surface area (Å²) in [6.45, 7) is 5.10. The van der Waals surface area contributed by atoms with Crippen molar-refractivity contribution in [3.8, 4) is 16.9 Å². The number of likely N-dealkylation sites (N-methyl/N-ethyl adjacent to an activating group) is 1. The van der Waals surface area contributed by atoms with Gasteiger partial charge < -0.3 is 9.64 Å². The van der Waals surface area contributed by atoms with Crippen molar-refractivity contribution < 1.29 is 17.9 Å². The van der Waals surface area contributed by atoms with Crippen LogP contribution in [0, 0.1) is 30.3 Å². The second kappa shape index (κ2) is 11.2. The molecule has 0 saturated heterocycles. The summed E-state index contributed by atoms with van der Waals surface area (Å²) in [5, 5.41) is 0. The lowest BCUT2D eigenvalue weighted by Crippen LogP contribution is -2.47. The molecule has 1 atom stereocenters. The van der Waals surface area contributed by atoms with Crippen molar-refractivity contribution in [3.63, 3.8) is 0 Å². The Morgan fingerprint density at radius 3 is 2.14 bits per heavy atom. The third-order valence-electron chi connectivity index (χ3n) is 6.39. The fourth-order valence-electron chi connectivity index (χ4n) is 4.36. The minimum atomic E-state index is -0.820. The molecule has 1 heterocycles. The number of methoxy groups -OCH3 is 1. The summed E-state index contributed by atoms with van der Waals surface area (Å²) in [5.74, 6) is -2.19. The molecule has 0 saturated carbocycles. The zero-order valence-corrected chi connectivity index (χ0v) is 21.4. The number of benzene rings is 2. The van der Waals surface area contributed by atoms with Crippen LogP contribution in [0.5, 0.6) is 5.75 Å². The zero-order chi connectivity index (χ0) is 26.7. The van der Waals surface area contributed by atoms with E-state index >= 15 is 4.39 Å². The van der Waals surface area contributed by atoms with Crippen LogP contribution in [0.2, 0.25) is 0 Å². The fourth-order valence-corrected chi connectivity index (χ4v) is 4.36. The highest BCUT2D eigenvalue weighted by molar-refractivity contribution is 5.67. The maximum Gasteiger partial charge on any atom is 0.331 e. The minimum Gasteiger partial charge on any atom is -0.494 e. The molecule has 9 heteroatoms. The van der Waals surface area contributed by atoms with Crippen LogP contribution in [0.4, 0.5) is 13.2 Å². The van der Waals surface area contributed by atoms with Gasteiger partial charge in [0.25, 0.3) is 5.56 Å². The van der Waals surface area contributed by atoms with Crippen LogP contribution in [0.3, 0.4) is 0 Å². The molecule has 0 aliphatic heterocycles. The van der Waals surface area contributed by atoms with Crippen LogP contribution >= 0.6 is 0 Å². The van der Waals surface area contributed by atoms with E-state index in [1.54, 1.807) is 0 Å². The Balaban J connectivity index is 2.34. The van der Waals surface area contributed by atoms with Crippen molar-refractivity contribution in [1.29, 1.82) is 0 Å². The van der Waals surface area contributed by atoms with Crippen molar-refractivity contribution in [1.82, 2.24) is 14.0 Å². The predicted molar refractivity (Wildman–Crippen MR) is 134 cm³/mol. The van der Waals surface area contributed by atoms with E-state index in [2.05, 4.69) is 0 Å². The number of hydrogen-bond donors (Lipinski definition) is 0. The van der Waals surface area contributed by atoms with Gasteiger partial charge in [-0.05, 0) is 51.6 Å². The first-order valence-electron chi connectivity index (χ1n) is 11.7. The van der Waals surface area contributed by atoms with Crippen molar-refractivity contribution in [2.24, 2.45) is 5.92 Å². The summed E-state index contributed by atoms with van der Waals surface area (Å²) < 4.78 is 51.6. The quantitative estimate of drug-likeness (QED) is 0.434. The van der Waals surface area contributed by atoms with E-state index in [9.17, 15) is 18.4 Å². The van der Waals surface area contributed by atoms with E-state index in [1.807, 2.05) is 32.8 Å². The summed E-state index contributed by atoms with van der Waals surface area (Å²) in [7, 11) is 5.01. The average Bonchev–Trinajstić information content (AvgIpc) is 2.81. The zero-order valence-electron chi connectivity index (χ0n) is 21.4. The lowest BCUT2D eigenvalue weighted by molar-refractivity contribution is 0.224. The van der Waals surface area contributed by atoms with Gasteiger partial charge in [0.1, 0.15) is 11.6 Å². The first-order chi connectivity index (χ1) is 17.0. The highest BCUT2D eigenvalue weighted by Gasteiger charge is 2.25. The van der Waals surface area contributed by atoms with Crippen LogP contribution < -0.4 is 16.0 Å². The van der Waals surface area contributed by atoms with E-state index in [0.717, 1.165) is 21.3 Å². The largest absolute Gasteiger partial charge is 0.494 e. The Bertz CT molecular complexity index is 1340. The Labute approximate surface area is 208 Å². The first-order valence-corrected chi connectivity index (χ1v) is 11.7. The molecule has 0 N–H and O–H groups in total. The van der Waals surface area contributed by atoms with E-state index in [-0.39, 0.29) is 46.6 Å². The van der Waals surface area contributed by atoms with Crippen LogP contribution in [-0.2, 0) is 13.1 Å². The Hall–Kier alpha value is -3.33. The van der Waals surface area contributed by atoms with Crippen molar-refractivity contribution in [2.75, 3.05) is 21.2 Å². The normalized spacial score (nSPS) is 12.4. The maximum atomic E-state index is 15.3. The van der Waals surface area contributed by atoms with Crippen molar-refractivity contribution in [2.45, 2.75) is 46.3 Å². The molecule has 3 aromatic rings. The minimum absolute atomic E-state index is 0.0292. The molecule has 0 fully saturated rings. The average molecular weight is 504 g/mol. The Morgan fingerprint density at radius 1 is 0.972 bits per heavy atom. The van der Waals surface area contributed by atoms with Crippen LogP contribution in [0.25, 0.3) is 11.1 Å².